The first-order chi connectivity index (χ1) is 18.8. The third-order valence-corrected chi connectivity index (χ3v) is 9.42. The molecule has 1 aliphatic rings. The zero-order chi connectivity index (χ0) is 29.1. The molecule has 2 atom stereocenters. The van der Waals surface area contributed by atoms with E-state index in [0.29, 0.717) is 28.3 Å². The van der Waals surface area contributed by atoms with E-state index < -0.39 is 26.8 Å². The first-order valence-electron chi connectivity index (χ1n) is 13.5. The van der Waals surface area contributed by atoms with Crippen molar-refractivity contribution in [3.05, 3.63) is 82.7 Å². The Morgan fingerprint density at radius 2 is 1.68 bits per heavy atom. The lowest BCUT2D eigenvalue weighted by Gasteiger charge is -2.18. The smallest absolute Gasteiger partial charge is 0.324 e. The summed E-state index contributed by atoms with van der Waals surface area (Å²) in [7, 11) is -3.39. The summed E-state index contributed by atoms with van der Waals surface area (Å²) >= 11 is 0. The average Bonchev–Trinajstić information content (AvgIpc) is 3.45. The third-order valence-electron chi connectivity index (χ3n) is 7.89. The second-order valence-electron chi connectivity index (χ2n) is 10.6. The molecule has 1 saturated carbocycles. The summed E-state index contributed by atoms with van der Waals surface area (Å²) in [6.45, 7) is 3.54. The highest BCUT2D eigenvalue weighted by Crippen LogP contribution is 2.34. The van der Waals surface area contributed by atoms with Crippen LogP contribution >= 0.6 is 0 Å². The van der Waals surface area contributed by atoms with Crippen LogP contribution in [0.1, 0.15) is 77.5 Å². The number of hydrogen-bond acceptors (Lipinski definition) is 6. The summed E-state index contributed by atoms with van der Waals surface area (Å²) in [5, 5.41) is 2.15. The molecule has 2 aromatic carbocycles. The number of rotatable bonds is 10. The lowest BCUT2D eigenvalue weighted by molar-refractivity contribution is -0.138. The standard InChI is InChI=1S/C30H34F3N3O3S/c1-19(21-8-4-5-9-21)28(37)23-12-15-24(16-13-23)35-29-34-18-26(30(31,32)33)27(36-29)17-14-22-10-6-7-11-25(22)20(2)40(3,38)39/h6-7,10-13,15-16,18-21H,4-5,8-9,14,17H2,1-3H3,(H,34,35,36). The molecule has 3 aromatic rings. The molecule has 0 amide bonds. The zero-order valence-electron chi connectivity index (χ0n) is 22.8. The number of carbonyl (C=O) groups is 1. The van der Waals surface area contributed by atoms with Crippen LogP contribution in [0.4, 0.5) is 24.8 Å². The van der Waals surface area contributed by atoms with E-state index in [1.165, 1.54) is 0 Å². The van der Waals surface area contributed by atoms with Gasteiger partial charge in [0.2, 0.25) is 5.95 Å². The predicted octanol–water partition coefficient (Wildman–Crippen LogP) is 7.14. The van der Waals surface area contributed by atoms with Crippen molar-refractivity contribution >= 4 is 27.3 Å². The average molecular weight is 574 g/mol. The van der Waals surface area contributed by atoms with Crippen molar-refractivity contribution in [2.45, 2.75) is 63.8 Å². The Morgan fingerprint density at radius 3 is 2.30 bits per heavy atom. The van der Waals surface area contributed by atoms with Crippen LogP contribution in [0.25, 0.3) is 0 Å². The van der Waals surface area contributed by atoms with Crippen LogP contribution in [0, 0.1) is 11.8 Å². The molecule has 4 rings (SSSR count). The van der Waals surface area contributed by atoms with Crippen molar-refractivity contribution in [3.8, 4) is 0 Å². The first-order valence-corrected chi connectivity index (χ1v) is 15.4. The lowest BCUT2D eigenvalue weighted by Crippen LogP contribution is -2.19. The number of carbonyl (C=O) groups excluding carboxylic acids is 1. The molecule has 1 N–H and O–H groups in total. The minimum absolute atomic E-state index is 0.000751. The molecule has 10 heteroatoms. The third kappa shape index (κ3) is 7.08. The van der Waals surface area contributed by atoms with Crippen LogP contribution in [0.15, 0.2) is 54.7 Å². The van der Waals surface area contributed by atoms with Gasteiger partial charge in [-0.1, -0.05) is 44.0 Å². The SMILES string of the molecule is CC(C(=O)c1ccc(Nc2ncc(C(F)(F)F)c(CCc3ccccc3C(C)S(C)(=O)=O)n2)cc1)C1CCCC1. The second-order valence-corrected chi connectivity index (χ2v) is 13.0. The molecule has 1 fully saturated rings. The molecule has 1 aromatic heterocycles. The van der Waals surface area contributed by atoms with Crippen molar-refractivity contribution in [2.24, 2.45) is 11.8 Å². The Labute approximate surface area is 233 Å². The maximum atomic E-state index is 13.8. The Kier molecular flexibility index (Phi) is 8.97. The molecule has 0 bridgehead atoms. The van der Waals surface area contributed by atoms with Gasteiger partial charge in [-0.2, -0.15) is 13.2 Å². The van der Waals surface area contributed by atoms with Gasteiger partial charge in [0.15, 0.2) is 15.6 Å². The fourth-order valence-corrected chi connectivity index (χ4v) is 6.02. The second kappa shape index (κ2) is 12.1. The molecular weight excluding hydrogens is 539 g/mol. The number of Topliss-reactive ketones (excluding diaryl/α,β-unsaturated/α-hetero) is 1. The summed E-state index contributed by atoms with van der Waals surface area (Å²) < 4.78 is 65.6. The minimum atomic E-state index is -4.65. The van der Waals surface area contributed by atoms with Gasteiger partial charge >= 0.3 is 6.18 Å². The molecule has 0 radical (unpaired) electrons. The summed E-state index contributed by atoms with van der Waals surface area (Å²) in [6, 6.07) is 13.7. The fraction of sp³-hybridized carbons (Fsp3) is 0.433. The van der Waals surface area contributed by atoms with Gasteiger partial charge in [-0.05, 0) is 73.9 Å². The van der Waals surface area contributed by atoms with Gasteiger partial charge in [-0.15, -0.1) is 0 Å². The van der Waals surface area contributed by atoms with Gasteiger partial charge in [-0.3, -0.25) is 4.79 Å². The van der Waals surface area contributed by atoms with Gasteiger partial charge in [0.05, 0.1) is 16.5 Å². The molecule has 1 heterocycles. The number of anilines is 2. The Balaban J connectivity index is 1.52. The first kappa shape index (κ1) is 29.7. The highest BCUT2D eigenvalue weighted by atomic mass is 32.2. The lowest BCUT2D eigenvalue weighted by atomic mass is 9.86. The van der Waals surface area contributed by atoms with Crippen molar-refractivity contribution in [1.82, 2.24) is 9.97 Å². The number of halogens is 3. The Bertz CT molecular complexity index is 1450. The van der Waals surface area contributed by atoms with E-state index in [9.17, 15) is 26.4 Å². The number of benzene rings is 2. The maximum Gasteiger partial charge on any atom is 0.419 e. The van der Waals surface area contributed by atoms with E-state index in [-0.39, 0.29) is 36.2 Å². The Hall–Kier alpha value is -3.27. The molecule has 40 heavy (non-hydrogen) atoms. The van der Waals surface area contributed by atoms with Gasteiger partial charge in [0.1, 0.15) is 0 Å². The van der Waals surface area contributed by atoms with E-state index in [1.54, 1.807) is 55.5 Å². The molecule has 1 aliphatic carbocycles. The quantitative estimate of drug-likeness (QED) is 0.259. The van der Waals surface area contributed by atoms with Crippen molar-refractivity contribution in [3.63, 3.8) is 0 Å². The highest BCUT2D eigenvalue weighted by Gasteiger charge is 2.35. The highest BCUT2D eigenvalue weighted by molar-refractivity contribution is 7.90. The van der Waals surface area contributed by atoms with Crippen molar-refractivity contribution in [1.29, 1.82) is 0 Å². The monoisotopic (exact) mass is 573 g/mol. The number of ketones is 1. The van der Waals surface area contributed by atoms with E-state index in [0.717, 1.165) is 38.1 Å². The summed E-state index contributed by atoms with van der Waals surface area (Å²) in [5.74, 6) is 0.453. The number of hydrogen-bond donors (Lipinski definition) is 1. The molecule has 0 spiro atoms. The maximum absolute atomic E-state index is 13.8. The van der Waals surface area contributed by atoms with Crippen LogP contribution < -0.4 is 5.32 Å². The largest absolute Gasteiger partial charge is 0.419 e. The normalized spacial score (nSPS) is 16.1. The summed E-state index contributed by atoms with van der Waals surface area (Å²) in [6.07, 6.45) is 1.82. The van der Waals surface area contributed by atoms with E-state index in [2.05, 4.69) is 15.3 Å². The van der Waals surface area contributed by atoms with Gasteiger partial charge in [-0.25, -0.2) is 18.4 Å². The van der Waals surface area contributed by atoms with Gasteiger partial charge < -0.3 is 5.32 Å². The number of aromatic nitrogens is 2. The van der Waals surface area contributed by atoms with Crippen LogP contribution in [-0.4, -0.2) is 30.4 Å². The van der Waals surface area contributed by atoms with E-state index >= 15 is 0 Å². The van der Waals surface area contributed by atoms with Gasteiger partial charge in [0, 0.05) is 29.6 Å². The van der Waals surface area contributed by atoms with Crippen molar-refractivity contribution in [2.75, 3.05) is 11.6 Å². The summed E-state index contributed by atoms with van der Waals surface area (Å²) in [4.78, 5) is 21.0. The number of sulfone groups is 1. The predicted molar refractivity (Wildman–Crippen MR) is 149 cm³/mol. The molecular formula is C30H34F3N3O3S. The van der Waals surface area contributed by atoms with E-state index in [4.69, 9.17) is 0 Å². The minimum Gasteiger partial charge on any atom is -0.324 e. The van der Waals surface area contributed by atoms with Crippen LogP contribution in [0.5, 0.6) is 0 Å². The van der Waals surface area contributed by atoms with Gasteiger partial charge in [0.25, 0.3) is 0 Å². The molecule has 214 valence electrons. The number of nitrogens with one attached hydrogen (secondary N) is 1. The molecule has 0 saturated heterocycles. The van der Waals surface area contributed by atoms with Crippen molar-refractivity contribution < 1.29 is 26.4 Å². The number of alkyl halides is 3. The fourth-order valence-electron chi connectivity index (χ4n) is 5.33. The van der Waals surface area contributed by atoms with Crippen LogP contribution in [-0.2, 0) is 28.9 Å². The van der Waals surface area contributed by atoms with E-state index in [1.807, 2.05) is 6.92 Å². The van der Waals surface area contributed by atoms with Crippen LogP contribution in [0.3, 0.4) is 0 Å². The molecule has 6 nitrogen and oxygen atoms in total. The number of aryl methyl sites for hydroxylation is 2. The molecule has 2 unspecified atom stereocenters. The summed E-state index contributed by atoms with van der Waals surface area (Å²) in [5.41, 5.74) is 1.22. The topological polar surface area (TPSA) is 89.0 Å². The Morgan fingerprint density at radius 1 is 1.02 bits per heavy atom. The van der Waals surface area contributed by atoms with Crippen LogP contribution in [0.2, 0.25) is 0 Å². The molecule has 0 aliphatic heterocycles. The number of nitrogens with zero attached hydrogens (tertiary/aromatic N) is 2. The zero-order valence-corrected chi connectivity index (χ0v) is 23.6.